The molecule has 0 bridgehead atoms. The van der Waals surface area contributed by atoms with Gasteiger partial charge in [0.15, 0.2) is 0 Å². The van der Waals surface area contributed by atoms with Gasteiger partial charge in [0.2, 0.25) is 0 Å². The summed E-state index contributed by atoms with van der Waals surface area (Å²) in [5.74, 6) is 2.19. The summed E-state index contributed by atoms with van der Waals surface area (Å²) in [5.41, 5.74) is 1.52. The quantitative estimate of drug-likeness (QED) is 0.760. The molecule has 2 aromatic rings. The van der Waals surface area contributed by atoms with E-state index in [4.69, 9.17) is 14.2 Å². The lowest BCUT2D eigenvalue weighted by molar-refractivity contribution is 0.0953. The second-order valence-electron chi connectivity index (χ2n) is 6.31. The maximum Gasteiger partial charge on any atom is 0.263 e. The number of nitrogens with zero attached hydrogens (tertiary/aromatic N) is 1. The minimum atomic E-state index is -0.144. The zero-order valence-electron chi connectivity index (χ0n) is 16.1. The molecule has 26 heavy (non-hydrogen) atoms. The fourth-order valence-electron chi connectivity index (χ4n) is 2.60. The van der Waals surface area contributed by atoms with Crippen LogP contribution in [-0.4, -0.2) is 32.2 Å². The average molecular weight is 378 g/mol. The molecule has 0 saturated heterocycles. The van der Waals surface area contributed by atoms with E-state index >= 15 is 0 Å². The molecule has 7 heteroatoms. The van der Waals surface area contributed by atoms with Crippen LogP contribution in [0.5, 0.6) is 17.2 Å². The van der Waals surface area contributed by atoms with Crippen LogP contribution in [0.15, 0.2) is 12.1 Å². The van der Waals surface area contributed by atoms with Gasteiger partial charge in [0.25, 0.3) is 5.91 Å². The van der Waals surface area contributed by atoms with Gasteiger partial charge in [-0.2, -0.15) is 0 Å². The summed E-state index contributed by atoms with van der Waals surface area (Å²) in [6.45, 7) is 6.42. The molecule has 0 aliphatic carbocycles. The molecule has 1 aromatic carbocycles. The highest BCUT2D eigenvalue weighted by molar-refractivity contribution is 7.13. The zero-order valence-corrected chi connectivity index (χ0v) is 17.0. The molecule has 0 aliphatic heterocycles. The van der Waals surface area contributed by atoms with Crippen molar-refractivity contribution in [2.45, 2.75) is 33.7 Å². The molecule has 1 N–H and O–H groups in total. The van der Waals surface area contributed by atoms with Crippen LogP contribution in [0.2, 0.25) is 0 Å². The maximum absolute atomic E-state index is 12.6. The molecular weight excluding hydrogens is 352 g/mol. The molecule has 0 radical (unpaired) electrons. The van der Waals surface area contributed by atoms with Gasteiger partial charge >= 0.3 is 0 Å². The Morgan fingerprint density at radius 2 is 1.77 bits per heavy atom. The predicted octanol–water partition coefficient (Wildman–Crippen LogP) is 3.61. The Hall–Kier alpha value is -2.28. The van der Waals surface area contributed by atoms with Crippen molar-refractivity contribution < 1.29 is 19.0 Å². The zero-order chi connectivity index (χ0) is 19.3. The molecule has 6 nitrogen and oxygen atoms in total. The van der Waals surface area contributed by atoms with Gasteiger partial charge in [-0.15, -0.1) is 11.3 Å². The van der Waals surface area contributed by atoms with E-state index in [2.05, 4.69) is 24.1 Å². The number of amides is 1. The van der Waals surface area contributed by atoms with Gasteiger partial charge in [-0.05, 0) is 12.8 Å². The van der Waals surface area contributed by atoms with Crippen LogP contribution in [0, 0.1) is 12.8 Å². The van der Waals surface area contributed by atoms with E-state index < -0.39 is 0 Å². The highest BCUT2D eigenvalue weighted by atomic mass is 32.1. The molecular formula is C19H26N2O4S. The molecule has 0 fully saturated rings. The molecule has 0 unspecified atom stereocenters. The number of benzene rings is 1. The first-order valence-electron chi connectivity index (χ1n) is 8.43. The Labute approximate surface area is 158 Å². The van der Waals surface area contributed by atoms with Crippen LogP contribution >= 0.6 is 11.3 Å². The van der Waals surface area contributed by atoms with E-state index in [1.165, 1.54) is 11.3 Å². The van der Waals surface area contributed by atoms with Crippen LogP contribution in [-0.2, 0) is 13.0 Å². The van der Waals surface area contributed by atoms with Crippen molar-refractivity contribution in [3.63, 3.8) is 0 Å². The van der Waals surface area contributed by atoms with Crippen LogP contribution in [0.1, 0.15) is 39.8 Å². The lowest BCUT2D eigenvalue weighted by Gasteiger charge is -2.15. The number of nitrogens with one attached hydrogen (secondary N) is 1. The highest BCUT2D eigenvalue weighted by Crippen LogP contribution is 2.34. The molecule has 0 saturated carbocycles. The topological polar surface area (TPSA) is 69.7 Å². The Bertz CT molecular complexity index is 746. The van der Waals surface area contributed by atoms with Gasteiger partial charge in [0.05, 0.1) is 44.1 Å². The molecule has 2 rings (SSSR count). The van der Waals surface area contributed by atoms with Crippen molar-refractivity contribution in [2.75, 3.05) is 21.3 Å². The third-order valence-corrected chi connectivity index (χ3v) is 5.05. The van der Waals surface area contributed by atoms with Crippen LogP contribution in [0.3, 0.4) is 0 Å². The molecule has 1 amide bonds. The van der Waals surface area contributed by atoms with Gasteiger partial charge in [-0.1, -0.05) is 13.8 Å². The predicted molar refractivity (Wildman–Crippen MR) is 103 cm³/mol. The van der Waals surface area contributed by atoms with E-state index in [1.807, 2.05) is 6.92 Å². The number of rotatable bonds is 8. The number of aromatic nitrogens is 1. The molecule has 0 spiro atoms. The number of carbonyl (C=O) groups is 1. The lowest BCUT2D eigenvalue weighted by atomic mass is 10.1. The average Bonchev–Trinajstić information content (AvgIpc) is 2.98. The summed E-state index contributed by atoms with van der Waals surface area (Å²) in [6.07, 6.45) is 0.874. The van der Waals surface area contributed by atoms with E-state index in [-0.39, 0.29) is 12.5 Å². The number of hydrogen-bond acceptors (Lipinski definition) is 6. The van der Waals surface area contributed by atoms with E-state index in [0.29, 0.717) is 28.0 Å². The fourth-order valence-corrected chi connectivity index (χ4v) is 3.79. The first-order chi connectivity index (χ1) is 12.4. The Kier molecular flexibility index (Phi) is 6.85. The van der Waals surface area contributed by atoms with Crippen molar-refractivity contribution >= 4 is 17.2 Å². The number of aryl methyl sites for hydroxylation is 1. The number of ether oxygens (including phenoxy) is 3. The van der Waals surface area contributed by atoms with Crippen molar-refractivity contribution in [1.29, 1.82) is 0 Å². The maximum atomic E-state index is 12.6. The van der Waals surface area contributed by atoms with E-state index in [0.717, 1.165) is 22.7 Å². The summed E-state index contributed by atoms with van der Waals surface area (Å²) in [5, 5.41) is 3.93. The minimum absolute atomic E-state index is 0.144. The SMILES string of the molecule is COc1cc(OC)c(CNC(=O)c2sc(CC(C)C)nc2C)c(OC)c1. The molecule has 0 aliphatic rings. The first-order valence-corrected chi connectivity index (χ1v) is 9.24. The monoisotopic (exact) mass is 378 g/mol. The Morgan fingerprint density at radius 1 is 1.15 bits per heavy atom. The summed E-state index contributed by atoms with van der Waals surface area (Å²) in [6, 6.07) is 3.53. The van der Waals surface area contributed by atoms with Gasteiger partial charge in [0, 0.05) is 18.6 Å². The van der Waals surface area contributed by atoms with Crippen LogP contribution < -0.4 is 19.5 Å². The fraction of sp³-hybridized carbons (Fsp3) is 0.474. The third-order valence-electron chi connectivity index (χ3n) is 3.87. The molecule has 1 heterocycles. The standard InChI is InChI=1S/C19H26N2O4S/c1-11(2)7-17-21-12(3)18(26-17)19(22)20-10-14-15(24-5)8-13(23-4)9-16(14)25-6/h8-9,11H,7,10H2,1-6H3,(H,20,22). The van der Waals surface area contributed by atoms with Crippen molar-refractivity contribution in [1.82, 2.24) is 10.3 Å². The minimum Gasteiger partial charge on any atom is -0.496 e. The van der Waals surface area contributed by atoms with Crippen molar-refractivity contribution in [3.8, 4) is 17.2 Å². The number of thiazole rings is 1. The lowest BCUT2D eigenvalue weighted by Crippen LogP contribution is -2.23. The first kappa shape index (κ1) is 20.0. The van der Waals surface area contributed by atoms with Crippen molar-refractivity contribution in [2.24, 2.45) is 5.92 Å². The number of hydrogen-bond donors (Lipinski definition) is 1. The number of carbonyl (C=O) groups excluding carboxylic acids is 1. The summed E-state index contributed by atoms with van der Waals surface area (Å²) in [4.78, 5) is 17.8. The van der Waals surface area contributed by atoms with Gasteiger partial charge in [-0.25, -0.2) is 4.98 Å². The number of methoxy groups -OCH3 is 3. The largest absolute Gasteiger partial charge is 0.496 e. The summed E-state index contributed by atoms with van der Waals surface area (Å²) >= 11 is 1.45. The molecule has 0 atom stereocenters. The van der Waals surface area contributed by atoms with E-state index in [1.54, 1.807) is 33.5 Å². The molecule has 142 valence electrons. The van der Waals surface area contributed by atoms with Crippen LogP contribution in [0.25, 0.3) is 0 Å². The summed E-state index contributed by atoms with van der Waals surface area (Å²) < 4.78 is 16.1. The van der Waals surface area contributed by atoms with E-state index in [9.17, 15) is 4.79 Å². The normalized spacial score (nSPS) is 10.7. The van der Waals surface area contributed by atoms with Crippen LogP contribution in [0.4, 0.5) is 0 Å². The third kappa shape index (κ3) is 4.66. The Balaban J connectivity index is 2.18. The second kappa shape index (κ2) is 8.89. The summed E-state index contributed by atoms with van der Waals surface area (Å²) in [7, 11) is 4.73. The smallest absolute Gasteiger partial charge is 0.263 e. The van der Waals surface area contributed by atoms with Crippen molar-refractivity contribution in [3.05, 3.63) is 33.3 Å². The van der Waals surface area contributed by atoms with Gasteiger partial charge < -0.3 is 19.5 Å². The molecule has 1 aromatic heterocycles. The highest BCUT2D eigenvalue weighted by Gasteiger charge is 2.18. The second-order valence-corrected chi connectivity index (χ2v) is 7.40. The Morgan fingerprint density at radius 3 is 2.27 bits per heavy atom. The van der Waals surface area contributed by atoms with Gasteiger partial charge in [-0.3, -0.25) is 4.79 Å². The van der Waals surface area contributed by atoms with Gasteiger partial charge in [0.1, 0.15) is 22.1 Å².